The maximum atomic E-state index is 3.54. The summed E-state index contributed by atoms with van der Waals surface area (Å²) in [6.45, 7) is 10.5. The van der Waals surface area contributed by atoms with Crippen LogP contribution in [-0.2, 0) is 0 Å². The molecule has 1 fully saturated rings. The maximum Gasteiger partial charge on any atom is 0.0193 e. The van der Waals surface area contributed by atoms with E-state index in [-0.39, 0.29) is 0 Å². The second kappa shape index (κ2) is 6.35. The molecule has 18 heavy (non-hydrogen) atoms. The number of benzene rings is 1. The zero-order valence-electron chi connectivity index (χ0n) is 11.9. The van der Waals surface area contributed by atoms with Gasteiger partial charge in [0.2, 0.25) is 0 Å². The molecule has 0 aromatic heterocycles. The van der Waals surface area contributed by atoms with Crippen molar-refractivity contribution in [3.05, 3.63) is 35.9 Å². The molecule has 1 N–H and O–H groups in total. The van der Waals surface area contributed by atoms with Gasteiger partial charge in [-0.25, -0.2) is 0 Å². The molecule has 0 saturated carbocycles. The molecule has 1 aromatic carbocycles. The molecule has 1 aliphatic heterocycles. The van der Waals surface area contributed by atoms with Gasteiger partial charge in [0.1, 0.15) is 0 Å². The lowest BCUT2D eigenvalue weighted by Gasteiger charge is -2.38. The minimum absolute atomic E-state index is 0.633. The van der Waals surface area contributed by atoms with Gasteiger partial charge < -0.3 is 5.32 Å². The van der Waals surface area contributed by atoms with E-state index in [1.165, 1.54) is 25.1 Å². The summed E-state index contributed by atoms with van der Waals surface area (Å²) in [6.07, 6.45) is 1.25. The van der Waals surface area contributed by atoms with Gasteiger partial charge in [0, 0.05) is 25.2 Å². The summed E-state index contributed by atoms with van der Waals surface area (Å²) in [4.78, 5) is 2.63. The summed E-state index contributed by atoms with van der Waals surface area (Å²) in [7, 11) is 0. The van der Waals surface area contributed by atoms with Crippen LogP contribution < -0.4 is 5.32 Å². The number of hydrogen-bond donors (Lipinski definition) is 1. The molecule has 100 valence electrons. The highest BCUT2D eigenvalue weighted by molar-refractivity contribution is 5.18. The Morgan fingerprint density at radius 2 is 2.00 bits per heavy atom. The van der Waals surface area contributed by atoms with E-state index >= 15 is 0 Å². The Kier molecular flexibility index (Phi) is 4.79. The van der Waals surface area contributed by atoms with E-state index < -0.39 is 0 Å². The zero-order chi connectivity index (χ0) is 13.0. The molecule has 2 nitrogen and oxygen atoms in total. The van der Waals surface area contributed by atoms with Crippen molar-refractivity contribution in [2.45, 2.75) is 45.2 Å². The van der Waals surface area contributed by atoms with Gasteiger partial charge in [0.25, 0.3) is 0 Å². The number of hydrogen-bond acceptors (Lipinski definition) is 2. The SMILES string of the molecule is CC1CN(CCC(C)c2ccccc2)C(C)CN1. The summed E-state index contributed by atoms with van der Waals surface area (Å²) in [5.41, 5.74) is 1.47. The molecule has 0 radical (unpaired) electrons. The van der Waals surface area contributed by atoms with Crippen molar-refractivity contribution in [1.29, 1.82) is 0 Å². The molecule has 3 atom stereocenters. The van der Waals surface area contributed by atoms with Gasteiger partial charge in [-0.1, -0.05) is 37.3 Å². The van der Waals surface area contributed by atoms with Crippen LogP contribution in [0.5, 0.6) is 0 Å². The first-order valence-electron chi connectivity index (χ1n) is 7.19. The van der Waals surface area contributed by atoms with Gasteiger partial charge in [-0.05, 0) is 38.3 Å². The molecule has 0 bridgehead atoms. The van der Waals surface area contributed by atoms with Crippen LogP contribution in [0.4, 0.5) is 0 Å². The Bertz CT molecular complexity index is 349. The predicted molar refractivity (Wildman–Crippen MR) is 78.0 cm³/mol. The molecule has 0 amide bonds. The van der Waals surface area contributed by atoms with E-state index in [0.717, 1.165) is 6.54 Å². The molecular weight excluding hydrogens is 220 g/mol. The molecule has 3 unspecified atom stereocenters. The molecule has 1 aliphatic rings. The van der Waals surface area contributed by atoms with Crippen molar-refractivity contribution in [3.8, 4) is 0 Å². The number of rotatable bonds is 4. The van der Waals surface area contributed by atoms with Gasteiger partial charge in [-0.3, -0.25) is 4.90 Å². The van der Waals surface area contributed by atoms with Crippen molar-refractivity contribution >= 4 is 0 Å². The summed E-state index contributed by atoms with van der Waals surface area (Å²) in [5.74, 6) is 0.656. The van der Waals surface area contributed by atoms with E-state index in [1.807, 2.05) is 0 Å². The van der Waals surface area contributed by atoms with Gasteiger partial charge >= 0.3 is 0 Å². The standard InChI is InChI=1S/C16H26N2/c1-13(16-7-5-4-6-8-16)9-10-18-12-14(2)17-11-15(18)3/h4-8,13-15,17H,9-12H2,1-3H3. The topological polar surface area (TPSA) is 15.3 Å². The lowest BCUT2D eigenvalue weighted by Crippen LogP contribution is -2.54. The molecular formula is C16H26N2. The van der Waals surface area contributed by atoms with Crippen LogP contribution in [0.15, 0.2) is 30.3 Å². The fourth-order valence-electron chi connectivity index (χ4n) is 2.72. The fourth-order valence-corrected chi connectivity index (χ4v) is 2.72. The molecule has 2 heteroatoms. The van der Waals surface area contributed by atoms with Gasteiger partial charge in [-0.15, -0.1) is 0 Å². The second-order valence-electron chi connectivity index (χ2n) is 5.75. The lowest BCUT2D eigenvalue weighted by atomic mass is 9.97. The van der Waals surface area contributed by atoms with E-state index in [2.05, 4.69) is 61.3 Å². The highest BCUT2D eigenvalue weighted by Gasteiger charge is 2.22. The van der Waals surface area contributed by atoms with E-state index in [9.17, 15) is 0 Å². The zero-order valence-corrected chi connectivity index (χ0v) is 11.9. The van der Waals surface area contributed by atoms with Gasteiger partial charge in [0.15, 0.2) is 0 Å². The Labute approximate surface area is 111 Å². The van der Waals surface area contributed by atoms with Gasteiger partial charge in [-0.2, -0.15) is 0 Å². The lowest BCUT2D eigenvalue weighted by molar-refractivity contribution is 0.142. The number of nitrogens with zero attached hydrogens (tertiary/aromatic N) is 1. The third-order valence-corrected chi connectivity index (χ3v) is 4.11. The summed E-state index contributed by atoms with van der Waals surface area (Å²) in [6, 6.07) is 12.2. The quantitative estimate of drug-likeness (QED) is 0.879. The maximum absolute atomic E-state index is 3.54. The monoisotopic (exact) mass is 246 g/mol. The highest BCUT2D eigenvalue weighted by atomic mass is 15.2. The number of nitrogens with one attached hydrogen (secondary N) is 1. The smallest absolute Gasteiger partial charge is 0.0193 e. The first kappa shape index (κ1) is 13.6. The molecule has 1 heterocycles. The van der Waals surface area contributed by atoms with Crippen LogP contribution in [0.2, 0.25) is 0 Å². The largest absolute Gasteiger partial charge is 0.311 e. The first-order valence-corrected chi connectivity index (χ1v) is 7.19. The minimum Gasteiger partial charge on any atom is -0.311 e. The summed E-state index contributed by atoms with van der Waals surface area (Å²) >= 11 is 0. The summed E-state index contributed by atoms with van der Waals surface area (Å²) < 4.78 is 0. The fraction of sp³-hybridized carbons (Fsp3) is 0.625. The van der Waals surface area contributed by atoms with Crippen molar-refractivity contribution in [3.63, 3.8) is 0 Å². The second-order valence-corrected chi connectivity index (χ2v) is 5.75. The predicted octanol–water partition coefficient (Wildman–Crippen LogP) is 2.86. The highest BCUT2D eigenvalue weighted by Crippen LogP contribution is 2.20. The Morgan fingerprint density at radius 3 is 2.72 bits per heavy atom. The van der Waals surface area contributed by atoms with Gasteiger partial charge in [0.05, 0.1) is 0 Å². The normalized spacial score (nSPS) is 27.1. The number of piperazine rings is 1. The molecule has 1 aromatic rings. The summed E-state index contributed by atoms with van der Waals surface area (Å²) in [5, 5.41) is 3.54. The van der Waals surface area contributed by atoms with Crippen LogP contribution in [0.1, 0.15) is 38.7 Å². The third-order valence-electron chi connectivity index (χ3n) is 4.11. The minimum atomic E-state index is 0.633. The average Bonchev–Trinajstić information content (AvgIpc) is 2.40. The van der Waals surface area contributed by atoms with Crippen molar-refractivity contribution in [2.75, 3.05) is 19.6 Å². The van der Waals surface area contributed by atoms with E-state index in [1.54, 1.807) is 0 Å². The van der Waals surface area contributed by atoms with E-state index in [0.29, 0.717) is 18.0 Å². The Hall–Kier alpha value is -0.860. The average molecular weight is 246 g/mol. The van der Waals surface area contributed by atoms with Crippen LogP contribution in [0, 0.1) is 0 Å². The Balaban J connectivity index is 1.83. The van der Waals surface area contributed by atoms with Crippen LogP contribution in [0.25, 0.3) is 0 Å². The molecule has 0 spiro atoms. The molecule has 0 aliphatic carbocycles. The first-order chi connectivity index (χ1) is 8.66. The van der Waals surface area contributed by atoms with Crippen molar-refractivity contribution in [1.82, 2.24) is 10.2 Å². The van der Waals surface area contributed by atoms with Crippen LogP contribution in [0.3, 0.4) is 0 Å². The molecule has 2 rings (SSSR count). The Morgan fingerprint density at radius 1 is 1.28 bits per heavy atom. The van der Waals surface area contributed by atoms with Crippen LogP contribution >= 0.6 is 0 Å². The van der Waals surface area contributed by atoms with Crippen LogP contribution in [-0.4, -0.2) is 36.6 Å². The van der Waals surface area contributed by atoms with Crippen molar-refractivity contribution in [2.24, 2.45) is 0 Å². The van der Waals surface area contributed by atoms with Crippen molar-refractivity contribution < 1.29 is 0 Å². The third kappa shape index (κ3) is 3.56. The molecule has 1 saturated heterocycles. The van der Waals surface area contributed by atoms with E-state index in [4.69, 9.17) is 0 Å².